The highest BCUT2D eigenvalue weighted by Gasteiger charge is 2.22. The van der Waals surface area contributed by atoms with Crippen LogP contribution in [0.4, 0.5) is 5.69 Å². The van der Waals surface area contributed by atoms with E-state index in [0.29, 0.717) is 5.92 Å². The number of ether oxygens (including phenoxy) is 1. The molecule has 104 valence electrons. The average molecular weight is 285 g/mol. The Hall–Kier alpha value is -1.61. The van der Waals surface area contributed by atoms with Gasteiger partial charge in [0.05, 0.1) is 12.8 Å². The van der Waals surface area contributed by atoms with Crippen molar-refractivity contribution in [2.75, 3.05) is 24.7 Å². The second-order valence-electron chi connectivity index (χ2n) is 5.13. The molecule has 0 amide bonds. The van der Waals surface area contributed by atoms with E-state index < -0.39 is 0 Å². The molecular weight excluding hydrogens is 266 g/mol. The molecule has 0 aliphatic carbocycles. The van der Waals surface area contributed by atoms with Gasteiger partial charge in [-0.1, -0.05) is 24.3 Å². The van der Waals surface area contributed by atoms with Crippen LogP contribution in [0.3, 0.4) is 0 Å². The van der Waals surface area contributed by atoms with Gasteiger partial charge in [0.1, 0.15) is 5.75 Å². The Morgan fingerprint density at radius 1 is 1.25 bits per heavy atom. The summed E-state index contributed by atoms with van der Waals surface area (Å²) in [5.74, 6) is 2.64. The lowest BCUT2D eigenvalue weighted by Crippen LogP contribution is -2.13. The average Bonchev–Trinajstić information content (AvgIpc) is 2.88. The number of thioether (sulfide) groups is 1. The van der Waals surface area contributed by atoms with Crippen LogP contribution in [0.5, 0.6) is 5.75 Å². The van der Waals surface area contributed by atoms with Crippen molar-refractivity contribution in [3.05, 3.63) is 53.6 Å². The molecule has 0 saturated heterocycles. The van der Waals surface area contributed by atoms with Gasteiger partial charge in [0.15, 0.2) is 0 Å². The van der Waals surface area contributed by atoms with Gasteiger partial charge in [-0.05, 0) is 36.2 Å². The van der Waals surface area contributed by atoms with Gasteiger partial charge in [0.25, 0.3) is 0 Å². The molecule has 20 heavy (non-hydrogen) atoms. The molecule has 1 unspecified atom stereocenters. The molecule has 2 aromatic rings. The van der Waals surface area contributed by atoms with Gasteiger partial charge >= 0.3 is 0 Å². The van der Waals surface area contributed by atoms with E-state index in [4.69, 9.17) is 4.74 Å². The molecule has 2 nitrogen and oxygen atoms in total. The summed E-state index contributed by atoms with van der Waals surface area (Å²) in [7, 11) is 1.72. The Morgan fingerprint density at radius 2 is 2.10 bits per heavy atom. The zero-order valence-corrected chi connectivity index (χ0v) is 12.7. The predicted octanol–water partition coefficient (Wildman–Crippen LogP) is 4.31. The molecule has 0 aromatic heterocycles. The third-order valence-electron chi connectivity index (χ3n) is 3.69. The zero-order chi connectivity index (χ0) is 13.9. The van der Waals surface area contributed by atoms with Crippen LogP contribution in [-0.4, -0.2) is 19.4 Å². The van der Waals surface area contributed by atoms with E-state index in [9.17, 15) is 0 Å². The highest BCUT2D eigenvalue weighted by Crippen LogP contribution is 2.39. The van der Waals surface area contributed by atoms with Crippen molar-refractivity contribution >= 4 is 17.4 Å². The summed E-state index contributed by atoms with van der Waals surface area (Å²) in [6.45, 7) is 3.05. The van der Waals surface area contributed by atoms with Crippen molar-refractivity contribution in [2.45, 2.75) is 17.7 Å². The summed E-state index contributed by atoms with van der Waals surface area (Å²) >= 11 is 1.95. The van der Waals surface area contributed by atoms with Gasteiger partial charge in [0, 0.05) is 23.1 Å². The van der Waals surface area contributed by atoms with Gasteiger partial charge in [-0.25, -0.2) is 0 Å². The number of hydrogen-bond donors (Lipinski definition) is 1. The molecular formula is C17H19NOS. The maximum Gasteiger partial charge on any atom is 0.141 e. The Bertz CT molecular complexity index is 612. The van der Waals surface area contributed by atoms with Crippen LogP contribution in [0.15, 0.2) is 47.4 Å². The lowest BCUT2D eigenvalue weighted by Gasteiger charge is -2.16. The van der Waals surface area contributed by atoms with Gasteiger partial charge in [-0.15, -0.1) is 11.8 Å². The van der Waals surface area contributed by atoms with Crippen LogP contribution in [0, 0.1) is 6.92 Å². The van der Waals surface area contributed by atoms with E-state index in [0.717, 1.165) is 23.7 Å². The molecule has 1 aliphatic rings. The predicted molar refractivity (Wildman–Crippen MR) is 86.1 cm³/mol. The molecule has 1 atom stereocenters. The Morgan fingerprint density at radius 3 is 2.95 bits per heavy atom. The molecule has 1 aliphatic heterocycles. The summed E-state index contributed by atoms with van der Waals surface area (Å²) in [5, 5.41) is 3.55. The first-order chi connectivity index (χ1) is 9.78. The Kier molecular flexibility index (Phi) is 3.88. The second kappa shape index (κ2) is 5.80. The van der Waals surface area contributed by atoms with Crippen LogP contribution < -0.4 is 10.1 Å². The van der Waals surface area contributed by atoms with Gasteiger partial charge < -0.3 is 10.1 Å². The first kappa shape index (κ1) is 13.4. The highest BCUT2D eigenvalue weighted by molar-refractivity contribution is 7.99. The van der Waals surface area contributed by atoms with E-state index in [1.165, 1.54) is 16.0 Å². The molecule has 1 heterocycles. The summed E-state index contributed by atoms with van der Waals surface area (Å²) in [5.41, 5.74) is 3.80. The monoisotopic (exact) mass is 285 g/mol. The minimum absolute atomic E-state index is 0.571. The molecule has 0 spiro atoms. The van der Waals surface area contributed by atoms with Crippen molar-refractivity contribution in [3.8, 4) is 5.75 Å². The van der Waals surface area contributed by atoms with Gasteiger partial charge in [0.2, 0.25) is 0 Å². The molecule has 3 heteroatoms. The summed E-state index contributed by atoms with van der Waals surface area (Å²) in [4.78, 5) is 1.43. The zero-order valence-electron chi connectivity index (χ0n) is 11.8. The fourth-order valence-electron chi connectivity index (χ4n) is 2.59. The smallest absolute Gasteiger partial charge is 0.141 e. The van der Waals surface area contributed by atoms with Crippen molar-refractivity contribution < 1.29 is 4.74 Å². The van der Waals surface area contributed by atoms with Crippen LogP contribution in [0.2, 0.25) is 0 Å². The van der Waals surface area contributed by atoms with Crippen molar-refractivity contribution in [2.24, 2.45) is 0 Å². The highest BCUT2D eigenvalue weighted by atomic mass is 32.2. The first-order valence-electron chi connectivity index (χ1n) is 6.88. The van der Waals surface area contributed by atoms with E-state index in [2.05, 4.69) is 48.6 Å². The number of aryl methyl sites for hydroxylation is 1. The molecule has 0 saturated carbocycles. The topological polar surface area (TPSA) is 21.3 Å². The molecule has 2 aromatic carbocycles. The third-order valence-corrected chi connectivity index (χ3v) is 4.94. The minimum Gasteiger partial charge on any atom is -0.495 e. The maximum atomic E-state index is 5.42. The van der Waals surface area contributed by atoms with Crippen molar-refractivity contribution in [1.29, 1.82) is 0 Å². The number of anilines is 1. The molecule has 3 rings (SSSR count). The quantitative estimate of drug-likeness (QED) is 0.904. The molecule has 0 radical (unpaired) electrons. The summed E-state index contributed by atoms with van der Waals surface area (Å²) in [6, 6.07) is 14.9. The van der Waals surface area contributed by atoms with Crippen molar-refractivity contribution in [1.82, 2.24) is 0 Å². The number of methoxy groups -OCH3 is 1. The van der Waals surface area contributed by atoms with Gasteiger partial charge in [-0.2, -0.15) is 0 Å². The largest absolute Gasteiger partial charge is 0.495 e. The number of hydrogen-bond acceptors (Lipinski definition) is 3. The fourth-order valence-corrected chi connectivity index (χ4v) is 3.85. The first-order valence-corrected chi connectivity index (χ1v) is 7.86. The molecule has 0 bridgehead atoms. The SMILES string of the molecule is COc1ccc(C)cc1NCC1CSc2ccccc21. The standard InChI is InChI=1S/C17H19NOS/c1-12-7-8-16(19-2)15(9-12)18-10-13-11-20-17-6-4-3-5-14(13)17/h3-9,13,18H,10-11H2,1-2H3. The van der Waals surface area contributed by atoms with Crippen LogP contribution in [0.25, 0.3) is 0 Å². The Labute approximate surface area is 124 Å². The van der Waals surface area contributed by atoms with E-state index in [-0.39, 0.29) is 0 Å². The normalized spacial score (nSPS) is 16.8. The second-order valence-corrected chi connectivity index (χ2v) is 6.19. The lowest BCUT2D eigenvalue weighted by molar-refractivity contribution is 0.416. The minimum atomic E-state index is 0.571. The lowest BCUT2D eigenvalue weighted by atomic mass is 10.0. The maximum absolute atomic E-state index is 5.42. The van der Waals surface area contributed by atoms with Crippen LogP contribution >= 0.6 is 11.8 Å². The number of rotatable bonds is 4. The van der Waals surface area contributed by atoms with Gasteiger partial charge in [-0.3, -0.25) is 0 Å². The van der Waals surface area contributed by atoms with E-state index in [1.807, 2.05) is 17.8 Å². The van der Waals surface area contributed by atoms with Crippen LogP contribution in [0.1, 0.15) is 17.0 Å². The number of benzene rings is 2. The fraction of sp³-hybridized carbons (Fsp3) is 0.294. The molecule has 1 N–H and O–H groups in total. The van der Waals surface area contributed by atoms with E-state index >= 15 is 0 Å². The number of nitrogens with one attached hydrogen (secondary N) is 1. The summed E-state index contributed by atoms with van der Waals surface area (Å²) < 4.78 is 5.42. The number of fused-ring (bicyclic) bond motifs is 1. The van der Waals surface area contributed by atoms with Crippen LogP contribution in [-0.2, 0) is 0 Å². The van der Waals surface area contributed by atoms with Crippen molar-refractivity contribution in [3.63, 3.8) is 0 Å². The summed E-state index contributed by atoms with van der Waals surface area (Å²) in [6.07, 6.45) is 0. The Balaban J connectivity index is 1.73. The molecule has 0 fully saturated rings. The third kappa shape index (κ3) is 2.63. The van der Waals surface area contributed by atoms with E-state index in [1.54, 1.807) is 7.11 Å².